The summed E-state index contributed by atoms with van der Waals surface area (Å²) in [4.78, 5) is 13.2. The number of carboxylic acid groups (broad SMARTS) is 1. The van der Waals surface area contributed by atoms with E-state index < -0.39 is 5.97 Å². The maximum atomic E-state index is 10.9. The van der Waals surface area contributed by atoms with Crippen molar-refractivity contribution in [2.75, 3.05) is 18.0 Å². The first-order valence-electron chi connectivity index (χ1n) is 6.26. The van der Waals surface area contributed by atoms with Crippen molar-refractivity contribution in [2.45, 2.75) is 26.4 Å². The van der Waals surface area contributed by atoms with E-state index in [0.717, 1.165) is 30.8 Å². The van der Waals surface area contributed by atoms with Gasteiger partial charge in [0.2, 0.25) is 0 Å². The number of nitrogens with zero attached hydrogens (tertiary/aromatic N) is 1. The van der Waals surface area contributed by atoms with Crippen molar-refractivity contribution in [2.24, 2.45) is 5.92 Å². The van der Waals surface area contributed by atoms with Gasteiger partial charge in [0.15, 0.2) is 0 Å². The molecule has 1 aliphatic heterocycles. The van der Waals surface area contributed by atoms with Gasteiger partial charge in [0.05, 0.1) is 11.7 Å². The van der Waals surface area contributed by atoms with Crippen LogP contribution in [0.25, 0.3) is 0 Å². The van der Waals surface area contributed by atoms with E-state index >= 15 is 0 Å². The second-order valence-corrected chi connectivity index (χ2v) is 5.04. The van der Waals surface area contributed by atoms with Gasteiger partial charge in [0, 0.05) is 24.7 Å². The largest absolute Gasteiger partial charge is 0.478 e. The molecule has 1 aromatic rings. The molecule has 2 rings (SSSR count). The summed E-state index contributed by atoms with van der Waals surface area (Å²) in [6.45, 7) is 5.40. The van der Waals surface area contributed by atoms with Crippen molar-refractivity contribution in [3.63, 3.8) is 0 Å². The number of aryl methyl sites for hydroxylation is 1. The van der Waals surface area contributed by atoms with E-state index in [1.807, 2.05) is 26.0 Å². The Bertz CT molecular complexity index is 456. The Hall–Kier alpha value is -1.55. The van der Waals surface area contributed by atoms with Crippen LogP contribution in [0.1, 0.15) is 29.3 Å². The van der Waals surface area contributed by atoms with Gasteiger partial charge in [-0.3, -0.25) is 0 Å². The zero-order valence-corrected chi connectivity index (χ0v) is 10.8. The van der Waals surface area contributed by atoms with E-state index in [9.17, 15) is 9.90 Å². The summed E-state index contributed by atoms with van der Waals surface area (Å²) in [7, 11) is 0. The minimum absolute atomic E-state index is 0.283. The molecule has 1 saturated heterocycles. The van der Waals surface area contributed by atoms with E-state index in [1.165, 1.54) is 0 Å². The zero-order valence-electron chi connectivity index (χ0n) is 10.8. The van der Waals surface area contributed by atoms with E-state index in [2.05, 4.69) is 4.90 Å². The highest BCUT2D eigenvalue weighted by atomic mass is 16.4. The van der Waals surface area contributed by atoms with Crippen molar-refractivity contribution < 1.29 is 15.0 Å². The molecule has 18 heavy (non-hydrogen) atoms. The Kier molecular flexibility index (Phi) is 3.57. The van der Waals surface area contributed by atoms with Crippen LogP contribution in [0.3, 0.4) is 0 Å². The zero-order chi connectivity index (χ0) is 13.3. The van der Waals surface area contributed by atoms with Gasteiger partial charge >= 0.3 is 5.97 Å². The molecule has 1 fully saturated rings. The van der Waals surface area contributed by atoms with Gasteiger partial charge in [-0.25, -0.2) is 4.79 Å². The van der Waals surface area contributed by atoms with Crippen LogP contribution in [-0.2, 0) is 0 Å². The number of rotatable bonds is 3. The highest BCUT2D eigenvalue weighted by Gasteiger charge is 2.26. The molecule has 2 N–H and O–H groups in total. The summed E-state index contributed by atoms with van der Waals surface area (Å²) in [6.07, 6.45) is 0.701. The molecule has 98 valence electrons. The molecule has 0 aromatic heterocycles. The van der Waals surface area contributed by atoms with Gasteiger partial charge in [-0.2, -0.15) is 0 Å². The minimum Gasteiger partial charge on any atom is -0.478 e. The Balaban J connectivity index is 2.16. The van der Waals surface area contributed by atoms with Crippen LogP contribution in [0.2, 0.25) is 0 Å². The minimum atomic E-state index is -0.887. The second kappa shape index (κ2) is 4.98. The third-order valence-electron chi connectivity index (χ3n) is 3.71. The van der Waals surface area contributed by atoms with Crippen LogP contribution in [0, 0.1) is 12.8 Å². The highest BCUT2D eigenvalue weighted by Crippen LogP contribution is 2.27. The third kappa shape index (κ3) is 2.48. The lowest BCUT2D eigenvalue weighted by Crippen LogP contribution is -2.24. The molecule has 1 heterocycles. The molecule has 2 atom stereocenters. The van der Waals surface area contributed by atoms with Gasteiger partial charge in [0.25, 0.3) is 0 Å². The van der Waals surface area contributed by atoms with Crippen LogP contribution in [-0.4, -0.2) is 35.4 Å². The smallest absolute Gasteiger partial charge is 0.335 e. The van der Waals surface area contributed by atoms with Crippen LogP contribution in [0.4, 0.5) is 5.69 Å². The van der Waals surface area contributed by atoms with E-state index in [1.54, 1.807) is 6.07 Å². The predicted molar refractivity (Wildman–Crippen MR) is 70.1 cm³/mol. The standard InChI is InChI=1S/C14H19NO3/c1-9-7-12(3-4-13(9)14(17)18)15-6-5-11(8-15)10(2)16/h3-4,7,10-11,16H,5-6,8H2,1-2H3,(H,17,18). The van der Waals surface area contributed by atoms with Crippen molar-refractivity contribution >= 4 is 11.7 Å². The van der Waals surface area contributed by atoms with Gasteiger partial charge in [-0.1, -0.05) is 0 Å². The van der Waals surface area contributed by atoms with Crippen molar-refractivity contribution in [1.82, 2.24) is 0 Å². The van der Waals surface area contributed by atoms with E-state index in [4.69, 9.17) is 5.11 Å². The summed E-state index contributed by atoms with van der Waals surface area (Å²) in [5.41, 5.74) is 2.17. The molecule has 1 aliphatic rings. The van der Waals surface area contributed by atoms with Crippen molar-refractivity contribution in [1.29, 1.82) is 0 Å². The van der Waals surface area contributed by atoms with Crippen LogP contribution >= 0.6 is 0 Å². The van der Waals surface area contributed by atoms with Gasteiger partial charge in [-0.05, 0) is 44.0 Å². The number of aliphatic hydroxyl groups is 1. The number of hydrogen-bond acceptors (Lipinski definition) is 3. The summed E-state index contributed by atoms with van der Waals surface area (Å²) in [6, 6.07) is 5.41. The van der Waals surface area contributed by atoms with Crippen LogP contribution in [0.5, 0.6) is 0 Å². The summed E-state index contributed by atoms with van der Waals surface area (Å²) >= 11 is 0. The average molecular weight is 249 g/mol. The topological polar surface area (TPSA) is 60.8 Å². The number of hydrogen-bond donors (Lipinski definition) is 2. The molecular weight excluding hydrogens is 230 g/mol. The van der Waals surface area contributed by atoms with Crippen LogP contribution < -0.4 is 4.90 Å². The highest BCUT2D eigenvalue weighted by molar-refractivity contribution is 5.89. The second-order valence-electron chi connectivity index (χ2n) is 5.04. The first-order chi connectivity index (χ1) is 8.49. The summed E-state index contributed by atoms with van der Waals surface area (Å²) in [5, 5.41) is 18.6. The maximum absolute atomic E-state index is 10.9. The first-order valence-corrected chi connectivity index (χ1v) is 6.26. The predicted octanol–water partition coefficient (Wildman–Crippen LogP) is 1.90. The fourth-order valence-electron chi connectivity index (χ4n) is 2.50. The molecule has 4 heteroatoms. The molecular formula is C14H19NO3. The van der Waals surface area contributed by atoms with Gasteiger partial charge in [0.1, 0.15) is 0 Å². The maximum Gasteiger partial charge on any atom is 0.335 e. The number of aromatic carboxylic acids is 1. The molecule has 0 radical (unpaired) electrons. The lowest BCUT2D eigenvalue weighted by Gasteiger charge is -2.20. The third-order valence-corrected chi connectivity index (χ3v) is 3.71. The molecule has 0 saturated carbocycles. The number of carbonyl (C=O) groups is 1. The number of carboxylic acids is 1. The molecule has 1 aromatic carbocycles. The van der Waals surface area contributed by atoms with Crippen molar-refractivity contribution in [3.8, 4) is 0 Å². The molecule has 0 spiro atoms. The SMILES string of the molecule is Cc1cc(N2CCC(C(C)O)C2)ccc1C(=O)O. The number of benzene rings is 1. The molecule has 0 amide bonds. The van der Waals surface area contributed by atoms with Crippen LogP contribution in [0.15, 0.2) is 18.2 Å². The Labute approximate surface area is 107 Å². The fraction of sp³-hybridized carbons (Fsp3) is 0.500. The summed E-state index contributed by atoms with van der Waals surface area (Å²) < 4.78 is 0. The van der Waals surface area contributed by atoms with Crippen molar-refractivity contribution in [3.05, 3.63) is 29.3 Å². The lowest BCUT2D eigenvalue weighted by molar-refractivity contribution is 0.0696. The van der Waals surface area contributed by atoms with E-state index in [0.29, 0.717) is 11.5 Å². The number of aliphatic hydroxyl groups excluding tert-OH is 1. The Morgan fingerprint density at radius 1 is 1.50 bits per heavy atom. The lowest BCUT2D eigenvalue weighted by atomic mass is 10.0. The normalized spacial score (nSPS) is 21.1. The monoisotopic (exact) mass is 249 g/mol. The molecule has 0 bridgehead atoms. The van der Waals surface area contributed by atoms with E-state index in [-0.39, 0.29) is 6.10 Å². The quantitative estimate of drug-likeness (QED) is 0.859. The molecule has 4 nitrogen and oxygen atoms in total. The Morgan fingerprint density at radius 3 is 2.72 bits per heavy atom. The average Bonchev–Trinajstić information content (AvgIpc) is 2.77. The molecule has 0 aliphatic carbocycles. The first kappa shape index (κ1) is 12.9. The Morgan fingerprint density at radius 2 is 2.22 bits per heavy atom. The number of anilines is 1. The molecule has 2 unspecified atom stereocenters. The fourth-order valence-corrected chi connectivity index (χ4v) is 2.50. The summed E-state index contributed by atoms with van der Waals surface area (Å²) in [5.74, 6) is -0.577. The van der Waals surface area contributed by atoms with Gasteiger partial charge < -0.3 is 15.1 Å². The van der Waals surface area contributed by atoms with Gasteiger partial charge in [-0.15, -0.1) is 0 Å².